The summed E-state index contributed by atoms with van der Waals surface area (Å²) in [4.78, 5) is 17.6. The van der Waals surface area contributed by atoms with Crippen LogP contribution in [-0.2, 0) is 0 Å². The Morgan fingerprint density at radius 2 is 1.91 bits per heavy atom. The van der Waals surface area contributed by atoms with E-state index in [4.69, 9.17) is 4.98 Å². The first-order chi connectivity index (χ1) is 11.3. The van der Waals surface area contributed by atoms with Crippen LogP contribution in [0.4, 0.5) is 0 Å². The molecule has 0 aliphatic carbocycles. The number of nitrogens with zero attached hydrogens (tertiary/aromatic N) is 2. The SMILES string of the molecule is Cc1ccn2c(-c3ccc(C=O)s3)c(-c3ccccc3)nc2c1. The molecule has 0 N–H and O–H groups in total. The van der Waals surface area contributed by atoms with E-state index in [0.29, 0.717) is 0 Å². The number of rotatable bonds is 3. The Morgan fingerprint density at radius 1 is 1.09 bits per heavy atom. The standard InChI is InChI=1S/C19H14N2OS/c1-13-9-10-21-17(11-13)20-18(14-5-3-2-4-6-14)19(21)16-8-7-15(12-22)23-16/h2-12H,1H3. The molecule has 23 heavy (non-hydrogen) atoms. The summed E-state index contributed by atoms with van der Waals surface area (Å²) in [5.41, 5.74) is 5.14. The van der Waals surface area contributed by atoms with Gasteiger partial charge in [0.25, 0.3) is 0 Å². The zero-order valence-electron chi connectivity index (χ0n) is 12.6. The second-order valence-electron chi connectivity index (χ2n) is 5.43. The molecular weight excluding hydrogens is 304 g/mol. The van der Waals surface area contributed by atoms with E-state index < -0.39 is 0 Å². The first-order valence-electron chi connectivity index (χ1n) is 7.36. The molecule has 0 aliphatic rings. The summed E-state index contributed by atoms with van der Waals surface area (Å²) in [5.74, 6) is 0. The number of aromatic nitrogens is 2. The normalized spacial score (nSPS) is 11.0. The number of benzene rings is 1. The summed E-state index contributed by atoms with van der Waals surface area (Å²) in [6.07, 6.45) is 2.93. The number of aryl methyl sites for hydroxylation is 1. The van der Waals surface area contributed by atoms with Crippen molar-refractivity contribution in [3.8, 4) is 21.8 Å². The minimum atomic E-state index is 0.723. The zero-order chi connectivity index (χ0) is 15.8. The highest BCUT2D eigenvalue weighted by molar-refractivity contribution is 7.17. The fraction of sp³-hybridized carbons (Fsp3) is 0.0526. The molecule has 0 saturated heterocycles. The molecule has 4 rings (SSSR count). The topological polar surface area (TPSA) is 34.4 Å². The number of imidazole rings is 1. The van der Waals surface area contributed by atoms with E-state index in [1.165, 1.54) is 16.9 Å². The molecule has 0 unspecified atom stereocenters. The Bertz CT molecular complexity index is 999. The van der Waals surface area contributed by atoms with Crippen LogP contribution in [0.3, 0.4) is 0 Å². The van der Waals surface area contributed by atoms with Crippen LogP contribution in [0.2, 0.25) is 0 Å². The molecule has 0 bridgehead atoms. The fourth-order valence-corrected chi connectivity index (χ4v) is 3.59. The molecule has 4 aromatic rings. The smallest absolute Gasteiger partial charge is 0.160 e. The molecule has 3 aromatic heterocycles. The van der Waals surface area contributed by atoms with Gasteiger partial charge in [0.1, 0.15) is 5.65 Å². The van der Waals surface area contributed by atoms with Crippen molar-refractivity contribution in [3.05, 3.63) is 71.2 Å². The number of hydrogen-bond donors (Lipinski definition) is 0. The molecule has 0 aliphatic heterocycles. The maximum atomic E-state index is 11.0. The molecule has 0 atom stereocenters. The Morgan fingerprint density at radius 3 is 2.65 bits per heavy atom. The molecule has 112 valence electrons. The van der Waals surface area contributed by atoms with Crippen LogP contribution in [0, 0.1) is 6.92 Å². The Kier molecular flexibility index (Phi) is 3.32. The summed E-state index contributed by atoms with van der Waals surface area (Å²) in [6.45, 7) is 2.06. The third kappa shape index (κ3) is 2.37. The number of carbonyl (C=O) groups excluding carboxylic acids is 1. The quantitative estimate of drug-likeness (QED) is 0.506. The predicted molar refractivity (Wildman–Crippen MR) is 94.1 cm³/mol. The van der Waals surface area contributed by atoms with Crippen LogP contribution in [-0.4, -0.2) is 15.7 Å². The van der Waals surface area contributed by atoms with Gasteiger partial charge < -0.3 is 0 Å². The van der Waals surface area contributed by atoms with E-state index in [1.54, 1.807) is 0 Å². The van der Waals surface area contributed by atoms with Gasteiger partial charge in [0.15, 0.2) is 6.29 Å². The molecule has 0 radical (unpaired) electrons. The van der Waals surface area contributed by atoms with E-state index in [-0.39, 0.29) is 0 Å². The van der Waals surface area contributed by atoms with Gasteiger partial charge in [-0.1, -0.05) is 30.3 Å². The summed E-state index contributed by atoms with van der Waals surface area (Å²) in [7, 11) is 0. The van der Waals surface area contributed by atoms with E-state index in [9.17, 15) is 4.79 Å². The van der Waals surface area contributed by atoms with Crippen molar-refractivity contribution in [2.75, 3.05) is 0 Å². The molecular formula is C19H14N2OS. The third-order valence-corrected chi connectivity index (χ3v) is 4.82. The van der Waals surface area contributed by atoms with Gasteiger partial charge in [0.05, 0.1) is 21.1 Å². The largest absolute Gasteiger partial charge is 0.298 e. The summed E-state index contributed by atoms with van der Waals surface area (Å²) in [6, 6.07) is 18.1. The van der Waals surface area contributed by atoms with Crippen molar-refractivity contribution in [2.24, 2.45) is 0 Å². The second kappa shape index (κ2) is 5.48. The van der Waals surface area contributed by atoms with Crippen molar-refractivity contribution < 1.29 is 4.79 Å². The summed E-state index contributed by atoms with van der Waals surface area (Å²) in [5, 5.41) is 0. The molecule has 0 fully saturated rings. The third-order valence-electron chi connectivity index (χ3n) is 3.81. The first kappa shape index (κ1) is 13.9. The predicted octanol–water partition coefficient (Wildman–Crippen LogP) is 4.85. The van der Waals surface area contributed by atoms with Crippen LogP contribution in [0.15, 0.2) is 60.8 Å². The van der Waals surface area contributed by atoms with Crippen molar-refractivity contribution in [2.45, 2.75) is 6.92 Å². The highest BCUT2D eigenvalue weighted by Gasteiger charge is 2.17. The maximum Gasteiger partial charge on any atom is 0.160 e. The summed E-state index contributed by atoms with van der Waals surface area (Å²) >= 11 is 1.49. The van der Waals surface area contributed by atoms with Crippen molar-refractivity contribution in [1.29, 1.82) is 0 Å². The van der Waals surface area contributed by atoms with Gasteiger partial charge in [-0.3, -0.25) is 9.20 Å². The molecule has 0 saturated carbocycles. The monoisotopic (exact) mass is 318 g/mol. The first-order valence-corrected chi connectivity index (χ1v) is 8.17. The Balaban J connectivity index is 2.04. The number of aldehydes is 1. The fourth-order valence-electron chi connectivity index (χ4n) is 2.72. The van der Waals surface area contributed by atoms with Gasteiger partial charge in [-0.2, -0.15) is 0 Å². The molecule has 4 heteroatoms. The van der Waals surface area contributed by atoms with E-state index in [0.717, 1.165) is 38.6 Å². The van der Waals surface area contributed by atoms with Crippen LogP contribution in [0.25, 0.3) is 27.5 Å². The number of carbonyl (C=O) groups is 1. The maximum absolute atomic E-state index is 11.0. The van der Waals surface area contributed by atoms with Crippen molar-refractivity contribution in [1.82, 2.24) is 9.38 Å². The van der Waals surface area contributed by atoms with Crippen molar-refractivity contribution in [3.63, 3.8) is 0 Å². The van der Waals surface area contributed by atoms with Crippen LogP contribution < -0.4 is 0 Å². The number of pyridine rings is 1. The van der Waals surface area contributed by atoms with Crippen LogP contribution >= 0.6 is 11.3 Å². The van der Waals surface area contributed by atoms with Gasteiger partial charge in [-0.15, -0.1) is 11.3 Å². The minimum Gasteiger partial charge on any atom is -0.298 e. The lowest BCUT2D eigenvalue weighted by molar-refractivity contribution is 0.112. The van der Waals surface area contributed by atoms with Gasteiger partial charge in [-0.25, -0.2) is 4.98 Å². The Labute approximate surface area is 137 Å². The molecule has 3 nitrogen and oxygen atoms in total. The van der Waals surface area contributed by atoms with Gasteiger partial charge in [0, 0.05) is 11.8 Å². The molecule has 3 heterocycles. The van der Waals surface area contributed by atoms with E-state index >= 15 is 0 Å². The highest BCUT2D eigenvalue weighted by Crippen LogP contribution is 2.36. The summed E-state index contributed by atoms with van der Waals surface area (Å²) < 4.78 is 2.09. The number of hydrogen-bond acceptors (Lipinski definition) is 3. The van der Waals surface area contributed by atoms with Crippen LogP contribution in [0.5, 0.6) is 0 Å². The average Bonchev–Trinajstić information content (AvgIpc) is 3.18. The second-order valence-corrected chi connectivity index (χ2v) is 6.54. The lowest BCUT2D eigenvalue weighted by Crippen LogP contribution is -1.88. The van der Waals surface area contributed by atoms with Gasteiger partial charge in [0.2, 0.25) is 0 Å². The number of fused-ring (bicyclic) bond motifs is 1. The van der Waals surface area contributed by atoms with E-state index in [2.05, 4.69) is 35.6 Å². The lowest BCUT2D eigenvalue weighted by atomic mass is 10.1. The minimum absolute atomic E-state index is 0.723. The van der Waals surface area contributed by atoms with E-state index in [1.807, 2.05) is 36.5 Å². The highest BCUT2D eigenvalue weighted by atomic mass is 32.1. The van der Waals surface area contributed by atoms with Gasteiger partial charge in [-0.05, 0) is 36.8 Å². The average molecular weight is 318 g/mol. The van der Waals surface area contributed by atoms with Crippen LogP contribution in [0.1, 0.15) is 15.2 Å². The lowest BCUT2D eigenvalue weighted by Gasteiger charge is -2.03. The molecule has 0 spiro atoms. The molecule has 1 aromatic carbocycles. The number of thiophene rings is 1. The zero-order valence-corrected chi connectivity index (χ0v) is 13.4. The molecule has 0 amide bonds. The van der Waals surface area contributed by atoms with Gasteiger partial charge >= 0.3 is 0 Å². The van der Waals surface area contributed by atoms with Crippen molar-refractivity contribution >= 4 is 23.3 Å². The Hall–Kier alpha value is -2.72.